The van der Waals surface area contributed by atoms with Gasteiger partial charge in [-0.25, -0.2) is 4.79 Å². The van der Waals surface area contributed by atoms with Crippen LogP contribution in [0.15, 0.2) is 0 Å². The molecule has 0 aromatic carbocycles. The molecule has 2 saturated carbocycles. The number of thiophene rings is 1. The van der Waals surface area contributed by atoms with Gasteiger partial charge in [0.05, 0.1) is 16.1 Å². The van der Waals surface area contributed by atoms with Crippen molar-refractivity contribution < 1.29 is 19.1 Å². The lowest BCUT2D eigenvalue weighted by Gasteiger charge is -2.30. The maximum Gasteiger partial charge on any atom is 0.410 e. The van der Waals surface area contributed by atoms with E-state index in [1.807, 2.05) is 20.8 Å². The van der Waals surface area contributed by atoms with Crippen LogP contribution in [0.5, 0.6) is 0 Å². The van der Waals surface area contributed by atoms with E-state index in [0.717, 1.165) is 55.5 Å². The van der Waals surface area contributed by atoms with Crippen LogP contribution in [-0.4, -0.2) is 58.6 Å². The summed E-state index contributed by atoms with van der Waals surface area (Å²) in [5.74, 6) is 0.976. The summed E-state index contributed by atoms with van der Waals surface area (Å²) in [6.45, 7) is 9.64. The van der Waals surface area contributed by atoms with Gasteiger partial charge in [0.1, 0.15) is 10.6 Å². The summed E-state index contributed by atoms with van der Waals surface area (Å²) in [5, 5.41) is 10.5. The molecule has 0 bridgehead atoms. The molecule has 2 atom stereocenters. The summed E-state index contributed by atoms with van der Waals surface area (Å²) >= 11 is 7.39. The van der Waals surface area contributed by atoms with E-state index < -0.39 is 5.60 Å². The van der Waals surface area contributed by atoms with E-state index in [0.29, 0.717) is 42.0 Å². The van der Waals surface area contributed by atoms with Gasteiger partial charge in [-0.1, -0.05) is 12.2 Å². The van der Waals surface area contributed by atoms with Crippen molar-refractivity contribution in [2.24, 2.45) is 17.8 Å². The van der Waals surface area contributed by atoms with Gasteiger partial charge in [0.25, 0.3) is 5.91 Å². The molecular formula is C29H42N4O4S2. The van der Waals surface area contributed by atoms with E-state index in [4.69, 9.17) is 17.0 Å². The molecule has 1 unspecified atom stereocenters. The number of ether oxygens (including phenoxy) is 1. The molecule has 3 aliphatic carbocycles. The Labute approximate surface area is 241 Å². The standard InChI is InChI=1S/C29H42N4O4S2/c1-28(2,3)37-27(36)33-12-11-29(4,16-33)32-22(38)14-18-7-10-21-20(13-18)23(25(35)30-15-17-5-6-17)26(39-21)31-24(34)19-8-9-19/h17-19H,5-16H2,1-4H3,(H,30,35)(H,31,34)(H,32,38)/t18-,29?/m0/s1. The van der Waals surface area contributed by atoms with Gasteiger partial charge in [-0.3, -0.25) is 9.59 Å². The Morgan fingerprint density at radius 1 is 1.13 bits per heavy atom. The zero-order valence-electron chi connectivity index (χ0n) is 23.6. The third-order valence-electron chi connectivity index (χ3n) is 8.06. The van der Waals surface area contributed by atoms with Crippen LogP contribution in [0, 0.1) is 17.8 Å². The normalized spacial score (nSPS) is 24.6. The van der Waals surface area contributed by atoms with Gasteiger partial charge in [0, 0.05) is 36.9 Å². The van der Waals surface area contributed by atoms with Crippen molar-refractivity contribution in [2.75, 3.05) is 25.0 Å². The first-order chi connectivity index (χ1) is 18.4. The average molecular weight is 575 g/mol. The highest BCUT2D eigenvalue weighted by Gasteiger charge is 2.39. The summed E-state index contributed by atoms with van der Waals surface area (Å²) in [4.78, 5) is 42.2. The SMILES string of the molecule is CC1(NC(=S)C[C@H]2CCc3sc(NC(=O)C4CC4)c(C(=O)NCC4CC4)c3C2)CCN(C(=O)OC(C)(C)C)C1. The Bertz CT molecular complexity index is 1150. The number of thiocarbonyl (C=S) groups is 1. The molecule has 0 spiro atoms. The van der Waals surface area contributed by atoms with Crippen molar-refractivity contribution in [3.05, 3.63) is 16.0 Å². The first-order valence-electron chi connectivity index (χ1n) is 14.4. The van der Waals surface area contributed by atoms with Gasteiger partial charge < -0.3 is 25.6 Å². The molecule has 1 aromatic heterocycles. The fraction of sp³-hybridized carbons (Fsp3) is 0.724. The molecular weight excluding hydrogens is 532 g/mol. The Hall–Kier alpha value is -2.20. The van der Waals surface area contributed by atoms with Crippen molar-refractivity contribution in [3.63, 3.8) is 0 Å². The second-order valence-corrected chi connectivity index (χ2v) is 14.8. The third kappa shape index (κ3) is 7.31. The van der Waals surface area contributed by atoms with E-state index in [1.54, 1.807) is 16.2 Å². The molecule has 214 valence electrons. The monoisotopic (exact) mass is 574 g/mol. The molecule has 10 heteroatoms. The quantitative estimate of drug-likeness (QED) is 0.376. The van der Waals surface area contributed by atoms with Crippen LogP contribution in [0.2, 0.25) is 0 Å². The summed E-state index contributed by atoms with van der Waals surface area (Å²) in [6, 6.07) is 0. The number of nitrogens with zero attached hydrogens (tertiary/aromatic N) is 1. The van der Waals surface area contributed by atoms with Crippen molar-refractivity contribution in [2.45, 2.75) is 96.6 Å². The lowest BCUT2D eigenvalue weighted by molar-refractivity contribution is -0.117. The summed E-state index contributed by atoms with van der Waals surface area (Å²) in [7, 11) is 0. The van der Waals surface area contributed by atoms with Crippen LogP contribution in [0.4, 0.5) is 9.80 Å². The van der Waals surface area contributed by atoms with Gasteiger partial charge in [-0.15, -0.1) is 11.3 Å². The van der Waals surface area contributed by atoms with Gasteiger partial charge in [0.2, 0.25) is 5.91 Å². The number of fused-ring (bicyclic) bond motifs is 1. The smallest absolute Gasteiger partial charge is 0.410 e. The molecule has 2 heterocycles. The van der Waals surface area contributed by atoms with Crippen LogP contribution in [0.25, 0.3) is 0 Å². The molecule has 0 radical (unpaired) electrons. The van der Waals surface area contributed by atoms with Crippen LogP contribution in [-0.2, 0) is 22.4 Å². The minimum atomic E-state index is -0.519. The van der Waals surface area contributed by atoms with E-state index in [9.17, 15) is 14.4 Å². The minimum absolute atomic E-state index is 0.0389. The first kappa shape index (κ1) is 28.3. The van der Waals surface area contributed by atoms with Crippen molar-refractivity contribution in [1.29, 1.82) is 0 Å². The number of likely N-dealkylation sites (tertiary alicyclic amines) is 1. The van der Waals surface area contributed by atoms with Gasteiger partial charge in [-0.05, 0) is 96.5 Å². The van der Waals surface area contributed by atoms with Crippen molar-refractivity contribution in [1.82, 2.24) is 15.5 Å². The molecule has 5 rings (SSSR count). The van der Waals surface area contributed by atoms with E-state index in [2.05, 4.69) is 22.9 Å². The number of amides is 3. The lowest BCUT2D eigenvalue weighted by Crippen LogP contribution is -2.48. The van der Waals surface area contributed by atoms with Crippen molar-refractivity contribution in [3.8, 4) is 0 Å². The molecule has 1 aliphatic heterocycles. The highest BCUT2D eigenvalue weighted by Crippen LogP contribution is 2.42. The van der Waals surface area contributed by atoms with Gasteiger partial charge >= 0.3 is 6.09 Å². The van der Waals surface area contributed by atoms with Crippen LogP contribution in [0.3, 0.4) is 0 Å². The second kappa shape index (κ2) is 11.0. The molecule has 39 heavy (non-hydrogen) atoms. The Morgan fingerprint density at radius 2 is 1.87 bits per heavy atom. The average Bonchev–Trinajstić information content (AvgIpc) is 3.76. The first-order valence-corrected chi connectivity index (χ1v) is 15.6. The third-order valence-corrected chi connectivity index (χ3v) is 9.54. The molecule has 3 fully saturated rings. The van der Waals surface area contributed by atoms with E-state index in [-0.39, 0.29) is 29.4 Å². The Morgan fingerprint density at radius 3 is 2.54 bits per heavy atom. The molecule has 1 saturated heterocycles. The number of hydrogen-bond donors (Lipinski definition) is 3. The molecule has 8 nitrogen and oxygen atoms in total. The molecule has 1 aromatic rings. The van der Waals surface area contributed by atoms with Crippen molar-refractivity contribution >= 4 is 51.5 Å². The molecule has 4 aliphatic rings. The van der Waals surface area contributed by atoms with Gasteiger partial charge in [-0.2, -0.15) is 0 Å². The fourth-order valence-electron chi connectivity index (χ4n) is 5.56. The van der Waals surface area contributed by atoms with Crippen LogP contribution < -0.4 is 16.0 Å². The zero-order chi connectivity index (χ0) is 27.9. The number of carbonyl (C=O) groups is 3. The summed E-state index contributed by atoms with van der Waals surface area (Å²) < 4.78 is 5.55. The van der Waals surface area contributed by atoms with Crippen LogP contribution >= 0.6 is 23.6 Å². The highest BCUT2D eigenvalue weighted by atomic mass is 32.1. The Balaban J connectivity index is 1.21. The lowest BCUT2D eigenvalue weighted by atomic mass is 9.84. The van der Waals surface area contributed by atoms with E-state index >= 15 is 0 Å². The topological polar surface area (TPSA) is 99.8 Å². The number of anilines is 1. The molecule has 3 N–H and O–H groups in total. The molecule has 3 amide bonds. The number of carbonyl (C=O) groups excluding carboxylic acids is 3. The summed E-state index contributed by atoms with van der Waals surface area (Å²) in [5.41, 5.74) is 0.948. The fourth-order valence-corrected chi connectivity index (χ4v) is 7.29. The second-order valence-electron chi connectivity index (χ2n) is 13.2. The highest BCUT2D eigenvalue weighted by molar-refractivity contribution is 7.80. The number of rotatable bonds is 8. The van der Waals surface area contributed by atoms with Gasteiger partial charge in [0.15, 0.2) is 0 Å². The van der Waals surface area contributed by atoms with E-state index in [1.165, 1.54) is 17.7 Å². The van der Waals surface area contributed by atoms with Crippen LogP contribution in [0.1, 0.15) is 93.4 Å². The summed E-state index contributed by atoms with van der Waals surface area (Å²) in [6.07, 6.45) is 8.13. The Kier molecular flexibility index (Phi) is 7.99. The predicted molar refractivity (Wildman–Crippen MR) is 157 cm³/mol. The zero-order valence-corrected chi connectivity index (χ0v) is 25.2. The number of aryl methyl sites for hydroxylation is 1. The largest absolute Gasteiger partial charge is 0.444 e. The maximum atomic E-state index is 13.3. The minimum Gasteiger partial charge on any atom is -0.444 e. The predicted octanol–water partition coefficient (Wildman–Crippen LogP) is 5.05. The number of nitrogens with one attached hydrogen (secondary N) is 3. The number of hydrogen-bond acceptors (Lipinski definition) is 6. The maximum absolute atomic E-state index is 13.3.